The Balaban J connectivity index is 1.73. The zero-order valence-corrected chi connectivity index (χ0v) is 10.8. The molecule has 98 valence electrons. The van der Waals surface area contributed by atoms with Crippen LogP contribution in [-0.4, -0.2) is 13.2 Å². The second kappa shape index (κ2) is 4.92. The van der Waals surface area contributed by atoms with Crippen LogP contribution in [0.15, 0.2) is 42.5 Å². The molecule has 0 aliphatic carbocycles. The van der Waals surface area contributed by atoms with Crippen LogP contribution in [0, 0.1) is 12.7 Å². The summed E-state index contributed by atoms with van der Waals surface area (Å²) in [6.07, 6.45) is 0. The number of benzene rings is 2. The molecule has 2 nitrogen and oxygen atoms in total. The van der Waals surface area contributed by atoms with Crippen molar-refractivity contribution in [1.82, 2.24) is 0 Å². The highest BCUT2D eigenvalue weighted by atomic mass is 19.1. The molecule has 0 radical (unpaired) electrons. The molecule has 1 aliphatic rings. The van der Waals surface area contributed by atoms with Gasteiger partial charge in [-0.3, -0.25) is 0 Å². The van der Waals surface area contributed by atoms with Crippen molar-refractivity contribution < 1.29 is 9.13 Å². The van der Waals surface area contributed by atoms with Gasteiger partial charge in [0.15, 0.2) is 0 Å². The molecule has 3 heteroatoms. The summed E-state index contributed by atoms with van der Waals surface area (Å²) in [4.78, 5) is 0. The maximum Gasteiger partial charge on any atom is 0.128 e. The van der Waals surface area contributed by atoms with Crippen LogP contribution in [0.3, 0.4) is 0 Å². The van der Waals surface area contributed by atoms with Gasteiger partial charge in [0.25, 0.3) is 0 Å². The molecule has 2 aromatic rings. The van der Waals surface area contributed by atoms with Crippen molar-refractivity contribution in [3.63, 3.8) is 0 Å². The number of nitrogens with one attached hydrogen (secondary N) is 1. The molecule has 0 amide bonds. The van der Waals surface area contributed by atoms with E-state index in [0.29, 0.717) is 18.1 Å². The van der Waals surface area contributed by atoms with Gasteiger partial charge in [0, 0.05) is 29.3 Å². The predicted octanol–water partition coefficient (Wildman–Crippen LogP) is 3.72. The van der Waals surface area contributed by atoms with Gasteiger partial charge in [0.1, 0.15) is 11.6 Å². The summed E-state index contributed by atoms with van der Waals surface area (Å²) >= 11 is 0. The highest BCUT2D eigenvalue weighted by molar-refractivity contribution is 5.52. The summed E-state index contributed by atoms with van der Waals surface area (Å²) in [6.45, 7) is 3.22. The first-order chi connectivity index (χ1) is 9.25. The van der Waals surface area contributed by atoms with E-state index in [-0.39, 0.29) is 5.82 Å². The summed E-state index contributed by atoms with van der Waals surface area (Å²) in [5.41, 5.74) is 2.74. The fraction of sp³-hybridized carbons (Fsp3) is 0.250. The number of halogens is 1. The van der Waals surface area contributed by atoms with Gasteiger partial charge in [0.05, 0.1) is 6.61 Å². The maximum absolute atomic E-state index is 13.5. The van der Waals surface area contributed by atoms with Crippen LogP contribution < -0.4 is 10.1 Å². The minimum Gasteiger partial charge on any atom is -0.493 e. The molecule has 1 atom stereocenters. The van der Waals surface area contributed by atoms with E-state index in [0.717, 1.165) is 18.0 Å². The summed E-state index contributed by atoms with van der Waals surface area (Å²) < 4.78 is 19.1. The third kappa shape index (κ3) is 2.28. The summed E-state index contributed by atoms with van der Waals surface area (Å²) in [6, 6.07) is 13.2. The Morgan fingerprint density at radius 1 is 1.21 bits per heavy atom. The highest BCUT2D eigenvalue weighted by Crippen LogP contribution is 2.33. The molecule has 0 saturated carbocycles. The predicted molar refractivity (Wildman–Crippen MR) is 74.3 cm³/mol. The van der Waals surface area contributed by atoms with E-state index in [1.165, 1.54) is 11.6 Å². The molecular formula is C16H16FNO. The first-order valence-corrected chi connectivity index (χ1v) is 6.46. The minimum absolute atomic E-state index is 0.173. The zero-order chi connectivity index (χ0) is 13.2. The van der Waals surface area contributed by atoms with E-state index in [4.69, 9.17) is 4.74 Å². The van der Waals surface area contributed by atoms with E-state index in [1.807, 2.05) is 24.3 Å². The Hall–Kier alpha value is -2.03. The second-order valence-electron chi connectivity index (χ2n) is 4.84. The topological polar surface area (TPSA) is 21.3 Å². The molecule has 0 aromatic heterocycles. The Kier molecular flexibility index (Phi) is 3.11. The molecule has 1 unspecified atom stereocenters. The standard InChI is InChI=1S/C16H16FNO/c1-11-14(17)6-4-7-15(11)18-9-12-10-19-16-8-3-2-5-13(12)16/h2-8,12,18H,9-10H2,1H3. The van der Waals surface area contributed by atoms with Crippen molar-refractivity contribution in [2.75, 3.05) is 18.5 Å². The van der Waals surface area contributed by atoms with Crippen molar-refractivity contribution >= 4 is 5.69 Å². The van der Waals surface area contributed by atoms with Crippen LogP contribution in [0.5, 0.6) is 5.75 Å². The fourth-order valence-corrected chi connectivity index (χ4v) is 2.43. The van der Waals surface area contributed by atoms with Crippen molar-refractivity contribution in [3.8, 4) is 5.75 Å². The minimum atomic E-state index is -0.173. The molecule has 2 aromatic carbocycles. The Bertz CT molecular complexity index is 597. The average molecular weight is 257 g/mol. The van der Waals surface area contributed by atoms with Crippen LogP contribution in [0.25, 0.3) is 0 Å². The fourth-order valence-electron chi connectivity index (χ4n) is 2.43. The molecule has 0 bridgehead atoms. The maximum atomic E-state index is 13.5. The van der Waals surface area contributed by atoms with Gasteiger partial charge in [-0.1, -0.05) is 24.3 Å². The van der Waals surface area contributed by atoms with Crippen LogP contribution in [0.1, 0.15) is 17.0 Å². The van der Waals surface area contributed by atoms with Crippen molar-refractivity contribution in [1.29, 1.82) is 0 Å². The Morgan fingerprint density at radius 3 is 2.95 bits per heavy atom. The van der Waals surface area contributed by atoms with Crippen LogP contribution in [-0.2, 0) is 0 Å². The molecule has 0 fully saturated rings. The van der Waals surface area contributed by atoms with E-state index >= 15 is 0 Å². The van der Waals surface area contributed by atoms with E-state index in [2.05, 4.69) is 11.4 Å². The van der Waals surface area contributed by atoms with E-state index in [1.54, 1.807) is 13.0 Å². The monoisotopic (exact) mass is 257 g/mol. The molecule has 19 heavy (non-hydrogen) atoms. The quantitative estimate of drug-likeness (QED) is 0.904. The molecular weight excluding hydrogens is 241 g/mol. The van der Waals surface area contributed by atoms with Crippen LogP contribution in [0.2, 0.25) is 0 Å². The summed E-state index contributed by atoms with van der Waals surface area (Å²) in [5.74, 6) is 1.11. The first-order valence-electron chi connectivity index (χ1n) is 6.46. The molecule has 1 aliphatic heterocycles. The van der Waals surface area contributed by atoms with Crippen molar-refractivity contribution in [3.05, 3.63) is 59.4 Å². The summed E-state index contributed by atoms with van der Waals surface area (Å²) in [7, 11) is 0. The lowest BCUT2D eigenvalue weighted by atomic mass is 10.0. The van der Waals surface area contributed by atoms with Crippen molar-refractivity contribution in [2.24, 2.45) is 0 Å². The average Bonchev–Trinajstić information content (AvgIpc) is 2.84. The van der Waals surface area contributed by atoms with E-state index in [9.17, 15) is 4.39 Å². The molecule has 3 rings (SSSR count). The lowest BCUT2D eigenvalue weighted by Gasteiger charge is -2.13. The van der Waals surface area contributed by atoms with Gasteiger partial charge >= 0.3 is 0 Å². The number of para-hydroxylation sites is 1. The SMILES string of the molecule is Cc1c(F)cccc1NCC1COc2ccccc21. The third-order valence-electron chi connectivity index (χ3n) is 3.61. The van der Waals surface area contributed by atoms with Gasteiger partial charge < -0.3 is 10.1 Å². The lowest BCUT2D eigenvalue weighted by molar-refractivity contribution is 0.334. The van der Waals surface area contributed by atoms with Crippen LogP contribution >= 0.6 is 0 Å². The zero-order valence-electron chi connectivity index (χ0n) is 10.8. The number of ether oxygens (including phenoxy) is 1. The Morgan fingerprint density at radius 2 is 2.05 bits per heavy atom. The summed E-state index contributed by atoms with van der Waals surface area (Å²) in [5, 5.41) is 3.32. The number of anilines is 1. The second-order valence-corrected chi connectivity index (χ2v) is 4.84. The number of fused-ring (bicyclic) bond motifs is 1. The first kappa shape index (κ1) is 12.0. The number of hydrogen-bond acceptors (Lipinski definition) is 2. The third-order valence-corrected chi connectivity index (χ3v) is 3.61. The number of hydrogen-bond donors (Lipinski definition) is 1. The largest absolute Gasteiger partial charge is 0.493 e. The van der Waals surface area contributed by atoms with Gasteiger partial charge in [0.2, 0.25) is 0 Å². The highest BCUT2D eigenvalue weighted by Gasteiger charge is 2.23. The van der Waals surface area contributed by atoms with Gasteiger partial charge in [-0.25, -0.2) is 4.39 Å². The molecule has 1 N–H and O–H groups in total. The number of rotatable bonds is 3. The van der Waals surface area contributed by atoms with Crippen LogP contribution in [0.4, 0.5) is 10.1 Å². The van der Waals surface area contributed by atoms with E-state index < -0.39 is 0 Å². The van der Waals surface area contributed by atoms with Gasteiger partial charge in [-0.15, -0.1) is 0 Å². The molecule has 1 heterocycles. The van der Waals surface area contributed by atoms with Crippen molar-refractivity contribution in [2.45, 2.75) is 12.8 Å². The molecule has 0 saturated heterocycles. The Labute approximate surface area is 112 Å². The lowest BCUT2D eigenvalue weighted by Crippen LogP contribution is -2.14. The molecule has 0 spiro atoms. The van der Waals surface area contributed by atoms with Gasteiger partial charge in [-0.05, 0) is 25.1 Å². The smallest absolute Gasteiger partial charge is 0.128 e. The normalized spacial score (nSPS) is 16.8. The van der Waals surface area contributed by atoms with Gasteiger partial charge in [-0.2, -0.15) is 0 Å².